The molecule has 0 N–H and O–H groups in total. The first-order chi connectivity index (χ1) is 7.77. The molecule has 0 aliphatic heterocycles. The van der Waals surface area contributed by atoms with E-state index in [9.17, 15) is 39.5 Å². The van der Waals surface area contributed by atoms with Crippen LogP contribution in [-0.2, 0) is 0 Å². The Hall–Kier alpha value is -0.630. The number of hydrogen-bond acceptors (Lipinski definition) is 0. The summed E-state index contributed by atoms with van der Waals surface area (Å²) in [6.07, 6.45) is -10.6. The molecule has 0 amide bonds. The van der Waals surface area contributed by atoms with Crippen molar-refractivity contribution in [3.8, 4) is 0 Å². The van der Waals surface area contributed by atoms with E-state index in [1.807, 2.05) is 0 Å². The van der Waals surface area contributed by atoms with Crippen LogP contribution >= 0.6 is 0 Å². The van der Waals surface area contributed by atoms with Gasteiger partial charge in [0.05, 0.1) is 6.42 Å². The van der Waals surface area contributed by atoms with Gasteiger partial charge >= 0.3 is 18.0 Å². The summed E-state index contributed by atoms with van der Waals surface area (Å²) in [6, 6.07) is 0. The van der Waals surface area contributed by atoms with Crippen LogP contribution in [0, 0.1) is 0 Å². The molecule has 110 valence electrons. The molecule has 0 rings (SSSR count). The maximum absolute atomic E-state index is 12.8. The van der Waals surface area contributed by atoms with E-state index < -0.39 is 36.8 Å². The maximum Gasteiger partial charge on any atom is 0.459 e. The van der Waals surface area contributed by atoms with Crippen molar-refractivity contribution in [2.24, 2.45) is 0 Å². The average molecular weight is 290 g/mol. The van der Waals surface area contributed by atoms with Gasteiger partial charge in [0.25, 0.3) is 5.92 Å². The van der Waals surface area contributed by atoms with Crippen LogP contribution < -0.4 is 0 Å². The minimum absolute atomic E-state index is 0.177. The van der Waals surface area contributed by atoms with Crippen LogP contribution in [0.3, 0.4) is 0 Å². The third kappa shape index (κ3) is 3.94. The second kappa shape index (κ2) is 5.16. The normalized spacial score (nSPS) is 15.0. The maximum atomic E-state index is 12.8. The third-order valence-corrected chi connectivity index (χ3v) is 2.19. The van der Waals surface area contributed by atoms with E-state index in [1.54, 1.807) is 0 Å². The standard InChI is InChI=1S/C9H11F9/c1-2-3-4-6(10,11)5-7(12,13)8(14,15)9(16,17)18/h2-5H2,1H3. The fourth-order valence-electron chi connectivity index (χ4n) is 1.17. The lowest BCUT2D eigenvalue weighted by Crippen LogP contribution is -2.54. The van der Waals surface area contributed by atoms with Gasteiger partial charge in [-0.15, -0.1) is 0 Å². The first-order valence-electron chi connectivity index (χ1n) is 4.97. The molecule has 0 fully saturated rings. The Balaban J connectivity index is 4.95. The molecule has 0 radical (unpaired) electrons. The molecular formula is C9H11F9. The van der Waals surface area contributed by atoms with Crippen molar-refractivity contribution in [1.29, 1.82) is 0 Å². The minimum atomic E-state index is -6.57. The van der Waals surface area contributed by atoms with Gasteiger partial charge in [-0.1, -0.05) is 13.3 Å². The fourth-order valence-corrected chi connectivity index (χ4v) is 1.17. The summed E-state index contributed by atoms with van der Waals surface area (Å²) in [5.41, 5.74) is 0. The van der Waals surface area contributed by atoms with Gasteiger partial charge in [-0.05, 0) is 6.42 Å². The zero-order valence-electron chi connectivity index (χ0n) is 9.23. The number of unbranched alkanes of at least 4 members (excludes halogenated alkanes) is 1. The van der Waals surface area contributed by atoms with Crippen molar-refractivity contribution >= 4 is 0 Å². The van der Waals surface area contributed by atoms with Gasteiger partial charge in [0.1, 0.15) is 0 Å². The van der Waals surface area contributed by atoms with Crippen LogP contribution in [0.2, 0.25) is 0 Å². The lowest BCUT2D eigenvalue weighted by molar-refractivity contribution is -0.363. The number of halogens is 9. The van der Waals surface area contributed by atoms with Gasteiger partial charge in [0.15, 0.2) is 0 Å². The molecule has 0 unspecified atom stereocenters. The lowest BCUT2D eigenvalue weighted by Gasteiger charge is -2.30. The Morgan fingerprint density at radius 3 is 1.56 bits per heavy atom. The Morgan fingerprint density at radius 1 is 0.778 bits per heavy atom. The zero-order valence-corrected chi connectivity index (χ0v) is 9.23. The Labute approximate surface area is 97.1 Å². The topological polar surface area (TPSA) is 0 Å². The number of rotatable bonds is 6. The van der Waals surface area contributed by atoms with Crippen LogP contribution in [-0.4, -0.2) is 23.9 Å². The number of hydrogen-bond donors (Lipinski definition) is 0. The fraction of sp³-hybridized carbons (Fsp3) is 1.00. The summed E-state index contributed by atoms with van der Waals surface area (Å²) < 4.78 is 111. The average Bonchev–Trinajstić information content (AvgIpc) is 2.11. The third-order valence-electron chi connectivity index (χ3n) is 2.19. The van der Waals surface area contributed by atoms with E-state index in [2.05, 4.69) is 0 Å². The van der Waals surface area contributed by atoms with E-state index in [4.69, 9.17) is 0 Å². The molecule has 0 bridgehead atoms. The first kappa shape index (κ1) is 17.4. The van der Waals surface area contributed by atoms with Crippen LogP contribution in [0.1, 0.15) is 32.6 Å². The Morgan fingerprint density at radius 2 is 1.22 bits per heavy atom. The second-order valence-corrected chi connectivity index (χ2v) is 3.91. The minimum Gasteiger partial charge on any atom is -0.207 e. The highest BCUT2D eigenvalue weighted by atomic mass is 19.4. The molecule has 9 heteroatoms. The van der Waals surface area contributed by atoms with E-state index in [1.165, 1.54) is 6.92 Å². The van der Waals surface area contributed by atoms with Crippen molar-refractivity contribution in [3.63, 3.8) is 0 Å². The molecule has 0 nitrogen and oxygen atoms in total. The molecule has 0 saturated carbocycles. The van der Waals surface area contributed by atoms with Gasteiger partial charge in [-0.25, -0.2) is 8.78 Å². The van der Waals surface area contributed by atoms with Gasteiger partial charge < -0.3 is 0 Å². The highest BCUT2D eigenvalue weighted by Crippen LogP contribution is 2.50. The Kier molecular flexibility index (Phi) is 4.98. The lowest BCUT2D eigenvalue weighted by atomic mass is 9.99. The van der Waals surface area contributed by atoms with Crippen molar-refractivity contribution < 1.29 is 39.5 Å². The summed E-state index contributed by atoms with van der Waals surface area (Å²) >= 11 is 0. The summed E-state index contributed by atoms with van der Waals surface area (Å²) in [5, 5.41) is 0. The monoisotopic (exact) mass is 290 g/mol. The largest absolute Gasteiger partial charge is 0.459 e. The van der Waals surface area contributed by atoms with Gasteiger partial charge in [0.2, 0.25) is 0 Å². The number of alkyl halides is 9. The van der Waals surface area contributed by atoms with E-state index in [0.29, 0.717) is 0 Å². The molecule has 0 aromatic rings. The molecule has 0 heterocycles. The molecule has 0 spiro atoms. The van der Waals surface area contributed by atoms with E-state index in [-0.39, 0.29) is 12.8 Å². The summed E-state index contributed by atoms with van der Waals surface area (Å²) in [4.78, 5) is 0. The van der Waals surface area contributed by atoms with Crippen molar-refractivity contribution in [3.05, 3.63) is 0 Å². The van der Waals surface area contributed by atoms with Crippen LogP contribution in [0.25, 0.3) is 0 Å². The van der Waals surface area contributed by atoms with Crippen molar-refractivity contribution in [1.82, 2.24) is 0 Å². The summed E-state index contributed by atoms with van der Waals surface area (Å²) in [7, 11) is 0. The molecule has 0 aliphatic carbocycles. The van der Waals surface area contributed by atoms with E-state index in [0.717, 1.165) is 0 Å². The molecule has 0 aliphatic rings. The SMILES string of the molecule is CCCCC(F)(F)CC(F)(F)C(F)(F)C(F)(F)F. The van der Waals surface area contributed by atoms with Crippen LogP contribution in [0.4, 0.5) is 39.5 Å². The molecule has 0 saturated heterocycles. The van der Waals surface area contributed by atoms with Crippen molar-refractivity contribution in [2.45, 2.75) is 56.6 Å². The smallest absolute Gasteiger partial charge is 0.207 e. The second-order valence-electron chi connectivity index (χ2n) is 3.91. The predicted molar refractivity (Wildman–Crippen MR) is 45.0 cm³/mol. The summed E-state index contributed by atoms with van der Waals surface area (Å²) in [6.45, 7) is 1.44. The molecule has 0 aromatic carbocycles. The van der Waals surface area contributed by atoms with Gasteiger partial charge in [0, 0.05) is 6.42 Å². The molecule has 18 heavy (non-hydrogen) atoms. The first-order valence-corrected chi connectivity index (χ1v) is 4.97. The molecular weight excluding hydrogens is 279 g/mol. The predicted octanol–water partition coefficient (Wildman–Crippen LogP) is 5.03. The highest BCUT2D eigenvalue weighted by molar-refractivity contribution is 4.94. The molecule has 0 aromatic heterocycles. The van der Waals surface area contributed by atoms with Crippen LogP contribution in [0.5, 0.6) is 0 Å². The highest BCUT2D eigenvalue weighted by Gasteiger charge is 2.74. The Bertz CT molecular complexity index is 266. The summed E-state index contributed by atoms with van der Waals surface area (Å²) in [5.74, 6) is -16.6. The zero-order chi connectivity index (χ0) is 14.8. The van der Waals surface area contributed by atoms with E-state index >= 15 is 0 Å². The van der Waals surface area contributed by atoms with Gasteiger partial charge in [-0.2, -0.15) is 30.7 Å². The van der Waals surface area contributed by atoms with Crippen molar-refractivity contribution in [2.75, 3.05) is 0 Å². The van der Waals surface area contributed by atoms with Crippen LogP contribution in [0.15, 0.2) is 0 Å². The van der Waals surface area contributed by atoms with Gasteiger partial charge in [-0.3, -0.25) is 0 Å². The quantitative estimate of drug-likeness (QED) is 0.601. The molecule has 0 atom stereocenters.